The van der Waals surface area contributed by atoms with Gasteiger partial charge in [0.05, 0.1) is 9.92 Å². The van der Waals surface area contributed by atoms with Crippen molar-refractivity contribution in [2.24, 2.45) is 0 Å². The van der Waals surface area contributed by atoms with Crippen LogP contribution >= 0.6 is 11.6 Å². The number of pyridine rings is 1. The molecule has 0 aliphatic rings. The standard InChI is InChI=1S/C15H12ClFN4O2S/c16-13-8-12(3-4-14(13)17)24(22,23)20-10-11-2-5-15(18-9-11)21-7-1-6-19-21/h1-9,20H,10H2. The van der Waals surface area contributed by atoms with Crippen LogP contribution in [0.1, 0.15) is 5.56 Å². The third-order valence-corrected chi connectivity index (χ3v) is 4.90. The molecule has 6 nitrogen and oxygen atoms in total. The molecule has 2 heterocycles. The second-order valence-corrected chi connectivity index (χ2v) is 7.05. The van der Waals surface area contributed by atoms with Gasteiger partial charge < -0.3 is 0 Å². The number of hydrogen-bond acceptors (Lipinski definition) is 4. The molecule has 3 rings (SSSR count). The predicted molar refractivity (Wildman–Crippen MR) is 86.8 cm³/mol. The summed E-state index contributed by atoms with van der Waals surface area (Å²) in [7, 11) is -3.80. The van der Waals surface area contributed by atoms with E-state index in [0.717, 1.165) is 18.2 Å². The Bertz CT molecular complexity index is 944. The third kappa shape index (κ3) is 3.61. The topological polar surface area (TPSA) is 76.9 Å². The Hall–Kier alpha value is -2.29. The van der Waals surface area contributed by atoms with Gasteiger partial charge in [-0.2, -0.15) is 5.10 Å². The highest BCUT2D eigenvalue weighted by Crippen LogP contribution is 2.19. The van der Waals surface area contributed by atoms with Crippen molar-refractivity contribution in [1.82, 2.24) is 19.5 Å². The zero-order chi connectivity index (χ0) is 17.2. The Morgan fingerprint density at radius 2 is 2.08 bits per heavy atom. The van der Waals surface area contributed by atoms with E-state index >= 15 is 0 Å². The number of nitrogens with one attached hydrogen (secondary N) is 1. The van der Waals surface area contributed by atoms with E-state index in [1.54, 1.807) is 41.5 Å². The first-order valence-corrected chi connectivity index (χ1v) is 8.71. The molecule has 1 N–H and O–H groups in total. The maximum atomic E-state index is 13.1. The fourth-order valence-electron chi connectivity index (χ4n) is 1.97. The van der Waals surface area contributed by atoms with Gasteiger partial charge in [0.2, 0.25) is 10.0 Å². The summed E-state index contributed by atoms with van der Waals surface area (Å²) in [6, 6.07) is 8.48. The second kappa shape index (κ2) is 6.68. The number of hydrogen-bond donors (Lipinski definition) is 1. The summed E-state index contributed by atoms with van der Waals surface area (Å²) in [6.45, 7) is 0.0454. The van der Waals surface area contributed by atoms with Gasteiger partial charge in [0.15, 0.2) is 5.82 Å². The van der Waals surface area contributed by atoms with Crippen molar-refractivity contribution in [1.29, 1.82) is 0 Å². The van der Waals surface area contributed by atoms with E-state index in [4.69, 9.17) is 11.6 Å². The maximum Gasteiger partial charge on any atom is 0.240 e. The van der Waals surface area contributed by atoms with Crippen LogP contribution in [-0.2, 0) is 16.6 Å². The lowest BCUT2D eigenvalue weighted by Crippen LogP contribution is -2.23. The van der Waals surface area contributed by atoms with E-state index in [-0.39, 0.29) is 16.5 Å². The number of rotatable bonds is 5. The zero-order valence-electron chi connectivity index (χ0n) is 12.2. The molecule has 0 radical (unpaired) electrons. The van der Waals surface area contributed by atoms with E-state index < -0.39 is 15.8 Å². The summed E-state index contributed by atoms with van der Waals surface area (Å²) in [5, 5.41) is 3.81. The van der Waals surface area contributed by atoms with Crippen molar-refractivity contribution in [3.8, 4) is 5.82 Å². The molecule has 0 fully saturated rings. The van der Waals surface area contributed by atoms with Crippen LogP contribution in [0, 0.1) is 5.82 Å². The SMILES string of the molecule is O=S(=O)(NCc1ccc(-n2cccn2)nc1)c1ccc(F)c(Cl)c1. The number of halogens is 2. The summed E-state index contributed by atoms with van der Waals surface area (Å²) < 4.78 is 41.5. The van der Waals surface area contributed by atoms with Crippen molar-refractivity contribution >= 4 is 21.6 Å². The lowest BCUT2D eigenvalue weighted by molar-refractivity contribution is 0.580. The maximum absolute atomic E-state index is 13.1. The number of aromatic nitrogens is 3. The molecule has 0 aliphatic carbocycles. The molecular weight excluding hydrogens is 355 g/mol. The third-order valence-electron chi connectivity index (χ3n) is 3.22. The van der Waals surface area contributed by atoms with E-state index in [1.165, 1.54) is 0 Å². The van der Waals surface area contributed by atoms with E-state index in [0.29, 0.717) is 11.4 Å². The molecule has 0 aliphatic heterocycles. The molecule has 0 unspecified atom stereocenters. The monoisotopic (exact) mass is 366 g/mol. The molecule has 9 heteroatoms. The van der Waals surface area contributed by atoms with Gasteiger partial charge in [0.1, 0.15) is 5.82 Å². The van der Waals surface area contributed by atoms with Gasteiger partial charge in [-0.3, -0.25) is 0 Å². The summed E-state index contributed by atoms with van der Waals surface area (Å²) in [4.78, 5) is 4.11. The van der Waals surface area contributed by atoms with Gasteiger partial charge in [-0.25, -0.2) is 27.2 Å². The van der Waals surface area contributed by atoms with Crippen LogP contribution in [0.4, 0.5) is 4.39 Å². The molecule has 0 bridgehead atoms. The predicted octanol–water partition coefficient (Wildman–Crippen LogP) is 2.54. The Labute approximate surface area is 143 Å². The van der Waals surface area contributed by atoms with E-state index in [9.17, 15) is 12.8 Å². The molecule has 0 amide bonds. The lowest BCUT2D eigenvalue weighted by atomic mass is 10.3. The average molecular weight is 367 g/mol. The molecule has 24 heavy (non-hydrogen) atoms. The first kappa shape index (κ1) is 16.6. The Balaban J connectivity index is 1.71. The molecular formula is C15H12ClFN4O2S. The van der Waals surface area contributed by atoms with E-state index in [2.05, 4.69) is 14.8 Å². The van der Waals surface area contributed by atoms with Crippen LogP contribution in [0.2, 0.25) is 5.02 Å². The van der Waals surface area contributed by atoms with Gasteiger partial charge in [-0.1, -0.05) is 17.7 Å². The fourth-order valence-corrected chi connectivity index (χ4v) is 3.26. The Morgan fingerprint density at radius 1 is 1.25 bits per heavy atom. The molecule has 0 atom stereocenters. The van der Waals surface area contributed by atoms with Crippen LogP contribution in [0.25, 0.3) is 5.82 Å². The van der Waals surface area contributed by atoms with Gasteiger partial charge in [-0.05, 0) is 35.9 Å². The molecule has 0 saturated carbocycles. The first-order chi connectivity index (χ1) is 11.5. The molecule has 0 saturated heterocycles. The Morgan fingerprint density at radius 3 is 2.71 bits per heavy atom. The molecule has 1 aromatic carbocycles. The van der Waals surface area contributed by atoms with Gasteiger partial charge >= 0.3 is 0 Å². The number of benzene rings is 1. The highest BCUT2D eigenvalue weighted by Gasteiger charge is 2.15. The molecule has 3 aromatic rings. The fraction of sp³-hybridized carbons (Fsp3) is 0.0667. The second-order valence-electron chi connectivity index (χ2n) is 4.88. The van der Waals surface area contributed by atoms with Crippen LogP contribution < -0.4 is 4.72 Å². The quantitative estimate of drug-likeness (QED) is 0.752. The minimum absolute atomic E-state index is 0.0454. The van der Waals surface area contributed by atoms with Gasteiger partial charge in [0.25, 0.3) is 0 Å². The van der Waals surface area contributed by atoms with Crippen LogP contribution in [0.3, 0.4) is 0 Å². The largest absolute Gasteiger partial charge is 0.240 e. The van der Waals surface area contributed by atoms with Crippen molar-refractivity contribution in [3.63, 3.8) is 0 Å². The minimum atomic E-state index is -3.80. The summed E-state index contributed by atoms with van der Waals surface area (Å²) in [5.74, 6) is -0.0500. The van der Waals surface area contributed by atoms with Gasteiger partial charge in [-0.15, -0.1) is 0 Å². The zero-order valence-corrected chi connectivity index (χ0v) is 13.8. The Kier molecular flexibility index (Phi) is 4.61. The molecule has 0 spiro atoms. The first-order valence-electron chi connectivity index (χ1n) is 6.85. The highest BCUT2D eigenvalue weighted by atomic mass is 35.5. The van der Waals surface area contributed by atoms with Crippen LogP contribution in [-0.4, -0.2) is 23.2 Å². The number of sulfonamides is 1. The summed E-state index contributed by atoms with van der Waals surface area (Å²) >= 11 is 5.62. The molecule has 2 aromatic heterocycles. The van der Waals surface area contributed by atoms with Crippen molar-refractivity contribution < 1.29 is 12.8 Å². The van der Waals surface area contributed by atoms with Crippen LogP contribution in [0.5, 0.6) is 0 Å². The van der Waals surface area contributed by atoms with Gasteiger partial charge in [0, 0.05) is 25.1 Å². The normalized spacial score (nSPS) is 11.6. The summed E-state index contributed by atoms with van der Waals surface area (Å²) in [6.07, 6.45) is 4.94. The summed E-state index contributed by atoms with van der Waals surface area (Å²) in [5.41, 5.74) is 0.669. The van der Waals surface area contributed by atoms with Crippen LogP contribution in [0.15, 0.2) is 59.9 Å². The lowest BCUT2D eigenvalue weighted by Gasteiger charge is -2.08. The van der Waals surface area contributed by atoms with Crippen molar-refractivity contribution in [2.45, 2.75) is 11.4 Å². The van der Waals surface area contributed by atoms with Crippen molar-refractivity contribution in [2.75, 3.05) is 0 Å². The smallest absolute Gasteiger partial charge is 0.237 e. The number of nitrogens with zero attached hydrogens (tertiary/aromatic N) is 3. The average Bonchev–Trinajstić information content (AvgIpc) is 3.10. The minimum Gasteiger partial charge on any atom is -0.237 e. The van der Waals surface area contributed by atoms with E-state index in [1.807, 2.05) is 0 Å². The highest BCUT2D eigenvalue weighted by molar-refractivity contribution is 7.89. The molecule has 124 valence electrons. The van der Waals surface area contributed by atoms with Crippen molar-refractivity contribution in [3.05, 3.63) is 71.4 Å².